The highest BCUT2D eigenvalue weighted by Gasteiger charge is 2.19. The zero-order valence-electron chi connectivity index (χ0n) is 7.00. The second-order valence-corrected chi connectivity index (χ2v) is 4.83. The van der Waals surface area contributed by atoms with Crippen molar-refractivity contribution in [3.63, 3.8) is 0 Å². The van der Waals surface area contributed by atoms with Gasteiger partial charge in [0.15, 0.2) is 0 Å². The van der Waals surface area contributed by atoms with Gasteiger partial charge in [-0.2, -0.15) is 0 Å². The Hall–Kier alpha value is 0.660. The predicted octanol–water partition coefficient (Wildman–Crippen LogP) is 2.06. The lowest BCUT2D eigenvalue weighted by atomic mass is 10.1. The molecule has 62 valence electrons. The van der Waals surface area contributed by atoms with Crippen LogP contribution in [0.1, 0.15) is 13.8 Å². The van der Waals surface area contributed by atoms with Gasteiger partial charge in [0, 0.05) is 0 Å². The maximum absolute atomic E-state index is 9.54. The van der Waals surface area contributed by atoms with E-state index in [0.29, 0.717) is 10.5 Å². The molecule has 1 atom stereocenters. The molecule has 0 aliphatic heterocycles. The largest absolute Gasteiger partial charge is 0.391 e. The molecule has 0 amide bonds. The van der Waals surface area contributed by atoms with Crippen LogP contribution >= 0.6 is 23.5 Å². The van der Waals surface area contributed by atoms with Crippen molar-refractivity contribution >= 4 is 23.5 Å². The lowest BCUT2D eigenvalue weighted by Crippen LogP contribution is -2.25. The molecule has 0 spiro atoms. The van der Waals surface area contributed by atoms with Crippen molar-refractivity contribution in [2.24, 2.45) is 5.92 Å². The molecule has 0 bridgehead atoms. The monoisotopic (exact) mass is 180 g/mol. The first-order valence-electron chi connectivity index (χ1n) is 3.37. The number of rotatable bonds is 4. The van der Waals surface area contributed by atoms with Crippen molar-refractivity contribution < 1.29 is 5.11 Å². The Morgan fingerprint density at radius 3 is 1.60 bits per heavy atom. The van der Waals surface area contributed by atoms with Gasteiger partial charge in [0.05, 0.1) is 10.7 Å². The van der Waals surface area contributed by atoms with Crippen molar-refractivity contribution in [2.75, 3.05) is 12.5 Å². The van der Waals surface area contributed by atoms with E-state index >= 15 is 0 Å². The molecule has 0 unspecified atom stereocenters. The lowest BCUT2D eigenvalue weighted by Gasteiger charge is -2.21. The third-order valence-electron chi connectivity index (χ3n) is 1.43. The number of hydrogen-bond acceptors (Lipinski definition) is 3. The van der Waals surface area contributed by atoms with E-state index in [1.165, 1.54) is 0 Å². The lowest BCUT2D eigenvalue weighted by molar-refractivity contribution is 0.142. The molecule has 0 aromatic carbocycles. The SMILES string of the molecule is CSC(SC)[C@H](O)C(C)C. The minimum atomic E-state index is -0.176. The molecule has 0 radical (unpaired) electrons. The first-order valence-corrected chi connectivity index (χ1v) is 5.94. The molecule has 1 nitrogen and oxygen atoms in total. The normalized spacial score (nSPS) is 14.7. The fourth-order valence-corrected chi connectivity index (χ4v) is 2.65. The van der Waals surface area contributed by atoms with Gasteiger partial charge in [0.1, 0.15) is 0 Å². The van der Waals surface area contributed by atoms with Crippen LogP contribution < -0.4 is 0 Å². The van der Waals surface area contributed by atoms with E-state index in [1.54, 1.807) is 23.5 Å². The fraction of sp³-hybridized carbons (Fsp3) is 1.00. The third kappa shape index (κ3) is 3.17. The van der Waals surface area contributed by atoms with Crippen molar-refractivity contribution in [3.05, 3.63) is 0 Å². The van der Waals surface area contributed by atoms with Gasteiger partial charge in [-0.3, -0.25) is 0 Å². The van der Waals surface area contributed by atoms with Gasteiger partial charge in [-0.1, -0.05) is 13.8 Å². The van der Waals surface area contributed by atoms with Crippen LogP contribution in [0.2, 0.25) is 0 Å². The van der Waals surface area contributed by atoms with Crippen molar-refractivity contribution in [2.45, 2.75) is 24.5 Å². The quantitative estimate of drug-likeness (QED) is 0.669. The summed E-state index contributed by atoms with van der Waals surface area (Å²) in [5.74, 6) is 0.366. The molecule has 0 aliphatic rings. The van der Waals surface area contributed by atoms with E-state index < -0.39 is 0 Å². The second-order valence-electron chi connectivity index (χ2n) is 2.57. The summed E-state index contributed by atoms with van der Waals surface area (Å²) in [5, 5.41) is 9.54. The van der Waals surface area contributed by atoms with E-state index in [0.717, 1.165) is 0 Å². The van der Waals surface area contributed by atoms with Crippen molar-refractivity contribution in [3.8, 4) is 0 Å². The van der Waals surface area contributed by atoms with Crippen LogP contribution in [0, 0.1) is 5.92 Å². The Kier molecular flexibility index (Phi) is 5.68. The summed E-state index contributed by atoms with van der Waals surface area (Å²) in [5.41, 5.74) is 0. The number of hydrogen-bond donors (Lipinski definition) is 1. The van der Waals surface area contributed by atoms with Gasteiger partial charge in [-0.15, -0.1) is 23.5 Å². The smallest absolute Gasteiger partial charge is 0.0772 e. The highest BCUT2D eigenvalue weighted by molar-refractivity contribution is 8.16. The Bertz CT molecular complexity index is 81.7. The zero-order chi connectivity index (χ0) is 8.15. The maximum Gasteiger partial charge on any atom is 0.0772 e. The van der Waals surface area contributed by atoms with Crippen LogP contribution in [-0.2, 0) is 0 Å². The highest BCUT2D eigenvalue weighted by Crippen LogP contribution is 2.25. The minimum absolute atomic E-state index is 0.176. The van der Waals surface area contributed by atoms with Crippen LogP contribution in [0.3, 0.4) is 0 Å². The Labute approximate surface area is 72.0 Å². The van der Waals surface area contributed by atoms with E-state index in [-0.39, 0.29) is 6.10 Å². The molecule has 0 fully saturated rings. The Balaban J connectivity index is 3.76. The standard InChI is InChI=1S/C7H16OS2/c1-5(2)6(8)7(9-3)10-4/h5-8H,1-4H3/t6-/m1/s1. The zero-order valence-corrected chi connectivity index (χ0v) is 8.63. The van der Waals surface area contributed by atoms with Gasteiger partial charge in [0.25, 0.3) is 0 Å². The summed E-state index contributed by atoms with van der Waals surface area (Å²) in [4.78, 5) is 0. The fourth-order valence-electron chi connectivity index (χ4n) is 0.689. The summed E-state index contributed by atoms with van der Waals surface area (Å²) < 4.78 is 0.333. The van der Waals surface area contributed by atoms with E-state index in [4.69, 9.17) is 0 Å². The molecule has 0 heterocycles. The predicted molar refractivity (Wildman–Crippen MR) is 51.7 cm³/mol. The molecule has 0 aromatic rings. The minimum Gasteiger partial charge on any atom is -0.391 e. The summed E-state index contributed by atoms with van der Waals surface area (Å²) in [7, 11) is 0. The van der Waals surface area contributed by atoms with E-state index in [1.807, 2.05) is 26.4 Å². The average molecular weight is 180 g/mol. The maximum atomic E-state index is 9.54. The van der Waals surface area contributed by atoms with Gasteiger partial charge in [0.2, 0.25) is 0 Å². The summed E-state index contributed by atoms with van der Waals surface area (Å²) >= 11 is 3.44. The Morgan fingerprint density at radius 2 is 1.50 bits per heavy atom. The van der Waals surface area contributed by atoms with Crippen molar-refractivity contribution in [1.29, 1.82) is 0 Å². The summed E-state index contributed by atoms with van der Waals surface area (Å²) in [6.07, 6.45) is 3.89. The van der Waals surface area contributed by atoms with Crippen LogP contribution in [0.5, 0.6) is 0 Å². The van der Waals surface area contributed by atoms with Gasteiger partial charge >= 0.3 is 0 Å². The topological polar surface area (TPSA) is 20.2 Å². The second kappa shape index (κ2) is 5.33. The van der Waals surface area contributed by atoms with E-state index in [2.05, 4.69) is 0 Å². The van der Waals surface area contributed by atoms with Crippen LogP contribution in [0.4, 0.5) is 0 Å². The summed E-state index contributed by atoms with van der Waals surface area (Å²) in [6, 6.07) is 0. The van der Waals surface area contributed by atoms with Crippen LogP contribution in [-0.4, -0.2) is 28.3 Å². The summed E-state index contributed by atoms with van der Waals surface area (Å²) in [6.45, 7) is 4.09. The average Bonchev–Trinajstić information content (AvgIpc) is 1.90. The Morgan fingerprint density at radius 1 is 1.10 bits per heavy atom. The molecule has 10 heavy (non-hydrogen) atoms. The van der Waals surface area contributed by atoms with Gasteiger partial charge in [-0.25, -0.2) is 0 Å². The number of aliphatic hydroxyl groups excluding tert-OH is 1. The highest BCUT2D eigenvalue weighted by atomic mass is 32.2. The molecule has 0 rings (SSSR count). The molecule has 0 aromatic heterocycles. The molecule has 0 saturated carbocycles. The molecule has 0 saturated heterocycles. The van der Waals surface area contributed by atoms with Crippen LogP contribution in [0.25, 0.3) is 0 Å². The molecule has 3 heteroatoms. The van der Waals surface area contributed by atoms with Crippen LogP contribution in [0.15, 0.2) is 0 Å². The first kappa shape index (κ1) is 10.7. The first-order chi connectivity index (χ1) is 4.63. The van der Waals surface area contributed by atoms with Crippen molar-refractivity contribution in [1.82, 2.24) is 0 Å². The molecular weight excluding hydrogens is 164 g/mol. The van der Waals surface area contributed by atoms with Gasteiger partial charge < -0.3 is 5.11 Å². The number of aliphatic hydroxyl groups is 1. The van der Waals surface area contributed by atoms with Gasteiger partial charge in [-0.05, 0) is 18.4 Å². The third-order valence-corrected chi connectivity index (χ3v) is 4.07. The van der Waals surface area contributed by atoms with E-state index in [9.17, 15) is 5.11 Å². The molecule has 1 N–H and O–H groups in total. The molecule has 0 aliphatic carbocycles. The molecular formula is C7H16OS2. The number of thioether (sulfide) groups is 2.